The Labute approximate surface area is 232 Å². The van der Waals surface area contributed by atoms with Crippen molar-refractivity contribution in [1.82, 2.24) is 4.57 Å². The molecule has 1 unspecified atom stereocenters. The second-order valence-electron chi connectivity index (χ2n) is 10.1. The molecule has 1 aliphatic rings. The minimum absolute atomic E-state index is 0.0676. The number of allylic oxidation sites excluding steroid dienone is 2. The molecule has 0 bridgehead atoms. The van der Waals surface area contributed by atoms with Crippen LogP contribution in [-0.4, -0.2) is 22.9 Å². The lowest BCUT2D eigenvalue weighted by molar-refractivity contribution is -0.145. The molecule has 2 atom stereocenters. The Morgan fingerprint density at radius 1 is 1.03 bits per heavy atom. The van der Waals surface area contributed by atoms with Crippen LogP contribution in [0.15, 0.2) is 82.1 Å². The summed E-state index contributed by atoms with van der Waals surface area (Å²) in [7, 11) is 0. The van der Waals surface area contributed by atoms with Crippen molar-refractivity contribution in [2.24, 2.45) is 5.92 Å². The summed E-state index contributed by atoms with van der Waals surface area (Å²) in [4.78, 5) is 40.2. The molecule has 0 N–H and O–H groups in total. The lowest BCUT2D eigenvalue weighted by Gasteiger charge is -2.26. The van der Waals surface area contributed by atoms with Crippen LogP contribution in [0.1, 0.15) is 71.4 Å². The fourth-order valence-corrected chi connectivity index (χ4v) is 5.36. The second-order valence-corrected chi connectivity index (χ2v) is 11.0. The standard InChI is InChI=1S/C32H34BrNO4/c1-22-10-6-3-4-9-13-28-31(32(37)25-14-16-26(33)17-15-25)23(2)19-29(35)34(28)27(21-38-30(36)18-22)20-24-11-7-5-8-12-24/h3-5,7-8,11-12,14-17,19,22,27H,6,9-10,13,18,20-21H2,1-2H3/b4-3-/t22-,27?/m0/s1. The molecule has 0 aliphatic carbocycles. The fourth-order valence-electron chi connectivity index (χ4n) is 5.09. The first-order chi connectivity index (χ1) is 18.3. The van der Waals surface area contributed by atoms with Crippen LogP contribution in [0.4, 0.5) is 0 Å². The molecule has 0 saturated heterocycles. The van der Waals surface area contributed by atoms with Crippen LogP contribution in [0.25, 0.3) is 0 Å². The molecule has 0 fully saturated rings. The van der Waals surface area contributed by atoms with Gasteiger partial charge in [0, 0.05) is 33.8 Å². The molecule has 3 aromatic rings. The Hall–Kier alpha value is -3.25. The molecule has 5 nitrogen and oxygen atoms in total. The number of ether oxygens (including phenoxy) is 1. The zero-order valence-electron chi connectivity index (χ0n) is 22.0. The number of fused-ring (bicyclic) bond motifs is 1. The highest BCUT2D eigenvalue weighted by atomic mass is 79.9. The number of nitrogens with zero attached hydrogens (tertiary/aromatic N) is 1. The minimum atomic E-state index is -0.442. The van der Waals surface area contributed by atoms with E-state index < -0.39 is 6.04 Å². The van der Waals surface area contributed by atoms with Gasteiger partial charge in [-0.1, -0.05) is 65.3 Å². The van der Waals surface area contributed by atoms with E-state index in [-0.39, 0.29) is 29.8 Å². The molecule has 1 aliphatic heterocycles. The molecular formula is C32H34BrNO4. The Kier molecular flexibility index (Phi) is 9.51. The lowest BCUT2D eigenvalue weighted by atomic mass is 9.94. The topological polar surface area (TPSA) is 65.4 Å². The molecule has 2 heterocycles. The van der Waals surface area contributed by atoms with Gasteiger partial charge in [-0.2, -0.15) is 0 Å². The van der Waals surface area contributed by atoms with Crippen molar-refractivity contribution in [2.75, 3.05) is 6.61 Å². The minimum Gasteiger partial charge on any atom is -0.463 e. The molecule has 4 rings (SSSR count). The zero-order valence-corrected chi connectivity index (χ0v) is 23.6. The van der Waals surface area contributed by atoms with E-state index in [1.54, 1.807) is 16.7 Å². The number of cyclic esters (lactones) is 1. The maximum absolute atomic E-state index is 13.9. The van der Waals surface area contributed by atoms with Gasteiger partial charge in [0.25, 0.3) is 5.56 Å². The molecule has 1 aromatic heterocycles. The van der Waals surface area contributed by atoms with Gasteiger partial charge in [0.2, 0.25) is 0 Å². The zero-order chi connectivity index (χ0) is 27.1. The van der Waals surface area contributed by atoms with Gasteiger partial charge in [0.05, 0.1) is 6.04 Å². The average molecular weight is 577 g/mol. The first kappa shape index (κ1) is 27.8. The molecule has 0 spiro atoms. The highest BCUT2D eigenvalue weighted by molar-refractivity contribution is 9.10. The quantitative estimate of drug-likeness (QED) is 0.195. The predicted molar refractivity (Wildman–Crippen MR) is 154 cm³/mol. The van der Waals surface area contributed by atoms with Crippen molar-refractivity contribution >= 4 is 27.7 Å². The van der Waals surface area contributed by atoms with E-state index in [9.17, 15) is 14.4 Å². The molecule has 0 amide bonds. The van der Waals surface area contributed by atoms with Crippen LogP contribution in [0.2, 0.25) is 0 Å². The van der Waals surface area contributed by atoms with E-state index in [2.05, 4.69) is 35.0 Å². The second kappa shape index (κ2) is 13.0. The van der Waals surface area contributed by atoms with E-state index in [1.807, 2.05) is 49.4 Å². The molecule has 198 valence electrons. The Morgan fingerprint density at radius 3 is 2.47 bits per heavy atom. The number of esters is 1. The number of carbonyl (C=O) groups excluding carboxylic acids is 2. The Bertz CT molecular complexity index is 1360. The van der Waals surface area contributed by atoms with Gasteiger partial charge >= 0.3 is 5.97 Å². The van der Waals surface area contributed by atoms with E-state index in [1.165, 1.54) is 6.07 Å². The smallest absolute Gasteiger partial charge is 0.306 e. The largest absolute Gasteiger partial charge is 0.463 e. The first-order valence-corrected chi connectivity index (χ1v) is 14.0. The fraction of sp³-hybridized carbons (Fsp3) is 0.344. The summed E-state index contributed by atoms with van der Waals surface area (Å²) in [6, 6.07) is 18.2. The summed E-state index contributed by atoms with van der Waals surface area (Å²) in [5, 5.41) is 0. The van der Waals surface area contributed by atoms with Gasteiger partial charge < -0.3 is 9.30 Å². The van der Waals surface area contributed by atoms with E-state index >= 15 is 0 Å². The molecular weight excluding hydrogens is 542 g/mol. The number of rotatable bonds is 4. The highest BCUT2D eigenvalue weighted by Gasteiger charge is 2.26. The third-order valence-electron chi connectivity index (χ3n) is 7.06. The summed E-state index contributed by atoms with van der Waals surface area (Å²) in [6.07, 6.45) is 8.10. The SMILES string of the molecule is Cc1cc(=O)n2c(c1C(=O)c1ccc(Br)cc1)CC/C=C\CC[C@H](C)CC(=O)OCC2Cc1ccccc1. The first-order valence-electron chi connectivity index (χ1n) is 13.2. The summed E-state index contributed by atoms with van der Waals surface area (Å²) >= 11 is 3.44. The number of hydrogen-bond acceptors (Lipinski definition) is 4. The number of aromatic nitrogens is 1. The number of ketones is 1. The van der Waals surface area contributed by atoms with Crippen LogP contribution in [-0.2, 0) is 22.4 Å². The number of benzene rings is 2. The third kappa shape index (κ3) is 6.98. The number of carbonyl (C=O) groups is 2. The van der Waals surface area contributed by atoms with Crippen LogP contribution < -0.4 is 5.56 Å². The predicted octanol–water partition coefficient (Wildman–Crippen LogP) is 6.79. The number of aryl methyl sites for hydroxylation is 1. The van der Waals surface area contributed by atoms with Crippen molar-refractivity contribution in [3.05, 3.63) is 116 Å². The molecule has 0 radical (unpaired) electrons. The van der Waals surface area contributed by atoms with Crippen LogP contribution >= 0.6 is 15.9 Å². The van der Waals surface area contributed by atoms with Crippen molar-refractivity contribution in [1.29, 1.82) is 0 Å². The summed E-state index contributed by atoms with van der Waals surface area (Å²) < 4.78 is 8.38. The van der Waals surface area contributed by atoms with Gasteiger partial charge in [-0.25, -0.2) is 0 Å². The van der Waals surface area contributed by atoms with Gasteiger partial charge in [-0.3, -0.25) is 14.4 Å². The van der Waals surface area contributed by atoms with Gasteiger partial charge in [-0.15, -0.1) is 0 Å². The van der Waals surface area contributed by atoms with Crippen molar-refractivity contribution in [3.8, 4) is 0 Å². The summed E-state index contributed by atoms with van der Waals surface area (Å²) in [5.41, 5.74) is 3.30. The van der Waals surface area contributed by atoms with Crippen molar-refractivity contribution in [3.63, 3.8) is 0 Å². The van der Waals surface area contributed by atoms with E-state index in [0.29, 0.717) is 48.1 Å². The van der Waals surface area contributed by atoms with Crippen LogP contribution in [0, 0.1) is 12.8 Å². The maximum Gasteiger partial charge on any atom is 0.306 e. The Morgan fingerprint density at radius 2 is 1.74 bits per heavy atom. The summed E-state index contributed by atoms with van der Waals surface area (Å²) in [5.74, 6) is -0.159. The van der Waals surface area contributed by atoms with E-state index in [4.69, 9.17) is 4.74 Å². The van der Waals surface area contributed by atoms with Crippen LogP contribution in [0.5, 0.6) is 0 Å². The van der Waals surface area contributed by atoms with Gasteiger partial charge in [0.15, 0.2) is 5.78 Å². The van der Waals surface area contributed by atoms with Crippen molar-refractivity contribution < 1.29 is 14.3 Å². The molecule has 2 aromatic carbocycles. The van der Waals surface area contributed by atoms with E-state index in [0.717, 1.165) is 22.9 Å². The Balaban J connectivity index is 1.86. The molecule has 38 heavy (non-hydrogen) atoms. The van der Waals surface area contributed by atoms with Crippen molar-refractivity contribution in [2.45, 2.75) is 58.4 Å². The van der Waals surface area contributed by atoms with Crippen LogP contribution in [0.3, 0.4) is 0 Å². The number of hydrogen-bond donors (Lipinski definition) is 0. The highest BCUT2D eigenvalue weighted by Crippen LogP contribution is 2.25. The normalized spacial score (nSPS) is 19.6. The monoisotopic (exact) mass is 575 g/mol. The van der Waals surface area contributed by atoms with Gasteiger partial charge in [0.1, 0.15) is 6.61 Å². The lowest BCUT2D eigenvalue weighted by Crippen LogP contribution is -2.34. The third-order valence-corrected chi connectivity index (χ3v) is 7.59. The number of halogens is 1. The van der Waals surface area contributed by atoms with Gasteiger partial charge in [-0.05, 0) is 80.3 Å². The number of pyridine rings is 1. The average Bonchev–Trinajstić information content (AvgIpc) is 2.89. The molecule has 0 saturated carbocycles. The summed E-state index contributed by atoms with van der Waals surface area (Å²) in [6.45, 7) is 3.95. The molecule has 6 heteroatoms. The maximum atomic E-state index is 13.9.